The van der Waals surface area contributed by atoms with Gasteiger partial charge in [0.1, 0.15) is 0 Å². The third-order valence-electron chi connectivity index (χ3n) is 3.50. The van der Waals surface area contributed by atoms with Gasteiger partial charge in [-0.3, -0.25) is 4.79 Å². The summed E-state index contributed by atoms with van der Waals surface area (Å²) in [5, 5.41) is 3.17. The van der Waals surface area contributed by atoms with Crippen molar-refractivity contribution in [3.63, 3.8) is 0 Å². The van der Waals surface area contributed by atoms with E-state index in [1.165, 1.54) is 31.3 Å². The normalized spacial score (nSPS) is 11.5. The molecule has 2 rings (SSSR count). The number of nitrogens with one attached hydrogen (secondary N) is 1. The topological polar surface area (TPSA) is 66.5 Å². The Kier molecular flexibility index (Phi) is 5.99. The van der Waals surface area contributed by atoms with Crippen LogP contribution < -0.4 is 5.32 Å². The first-order valence-electron chi connectivity index (χ1n) is 7.33. The molecule has 0 saturated carbocycles. The summed E-state index contributed by atoms with van der Waals surface area (Å²) in [6.07, 6.45) is 0. The predicted molar refractivity (Wildman–Crippen MR) is 94.3 cm³/mol. The van der Waals surface area contributed by atoms with Crippen LogP contribution in [-0.2, 0) is 21.4 Å². The van der Waals surface area contributed by atoms with E-state index in [9.17, 15) is 13.2 Å². The Morgan fingerprint density at radius 1 is 1.08 bits per heavy atom. The molecule has 24 heavy (non-hydrogen) atoms. The molecule has 0 fully saturated rings. The van der Waals surface area contributed by atoms with Crippen LogP contribution in [0.4, 0.5) is 0 Å². The summed E-state index contributed by atoms with van der Waals surface area (Å²) in [6.45, 7) is 2.09. The molecule has 0 saturated heterocycles. The van der Waals surface area contributed by atoms with Gasteiger partial charge in [-0.25, -0.2) is 8.42 Å². The Morgan fingerprint density at radius 2 is 1.67 bits per heavy atom. The summed E-state index contributed by atoms with van der Waals surface area (Å²) in [7, 11) is -2.36. The number of hydrogen-bond donors (Lipinski definition) is 1. The lowest BCUT2D eigenvalue weighted by atomic mass is 10.1. The molecule has 1 amide bonds. The van der Waals surface area contributed by atoms with Crippen molar-refractivity contribution in [2.24, 2.45) is 0 Å². The second-order valence-corrected chi connectivity index (χ2v) is 7.96. The van der Waals surface area contributed by atoms with E-state index in [0.29, 0.717) is 11.6 Å². The third-order valence-corrected chi connectivity index (χ3v) is 5.57. The number of amides is 1. The highest BCUT2D eigenvalue weighted by atomic mass is 35.5. The molecule has 0 aliphatic heterocycles. The van der Waals surface area contributed by atoms with Gasteiger partial charge in [0.05, 0.1) is 11.4 Å². The maximum atomic E-state index is 12.4. The summed E-state index contributed by atoms with van der Waals surface area (Å²) in [5.41, 5.74) is 2.09. The number of carbonyl (C=O) groups is 1. The predicted octanol–water partition coefficient (Wildman–Crippen LogP) is 2.59. The van der Waals surface area contributed by atoms with Crippen LogP contribution in [0, 0.1) is 6.92 Å². The molecule has 128 valence electrons. The van der Waals surface area contributed by atoms with E-state index >= 15 is 0 Å². The molecular formula is C17H19ClN2O3S. The van der Waals surface area contributed by atoms with E-state index in [-0.39, 0.29) is 17.3 Å². The standard InChI is InChI=1S/C17H19ClN2O3S/c1-13-3-5-14(6-4-13)11-19-17(21)12-20(2)24(22,23)16-9-7-15(18)8-10-16/h3-10H,11-12H2,1-2H3,(H,19,21). The molecular weight excluding hydrogens is 348 g/mol. The van der Waals surface area contributed by atoms with Crippen molar-refractivity contribution in [1.29, 1.82) is 0 Å². The number of sulfonamides is 1. The summed E-state index contributed by atoms with van der Waals surface area (Å²) in [6, 6.07) is 13.6. The lowest BCUT2D eigenvalue weighted by Gasteiger charge is -2.17. The molecule has 5 nitrogen and oxygen atoms in total. The summed E-state index contributed by atoms with van der Waals surface area (Å²) in [5.74, 6) is -0.365. The maximum absolute atomic E-state index is 12.4. The number of benzene rings is 2. The number of halogens is 1. The Hall–Kier alpha value is -1.89. The van der Waals surface area contributed by atoms with Gasteiger partial charge in [0, 0.05) is 18.6 Å². The van der Waals surface area contributed by atoms with Crippen LogP contribution in [0.2, 0.25) is 5.02 Å². The van der Waals surface area contributed by atoms with Crippen molar-refractivity contribution >= 4 is 27.5 Å². The van der Waals surface area contributed by atoms with Gasteiger partial charge < -0.3 is 5.32 Å². The van der Waals surface area contributed by atoms with Gasteiger partial charge in [-0.05, 0) is 36.8 Å². The molecule has 0 aliphatic rings. The van der Waals surface area contributed by atoms with Gasteiger partial charge in [0.25, 0.3) is 0 Å². The lowest BCUT2D eigenvalue weighted by Crippen LogP contribution is -2.38. The second-order valence-electron chi connectivity index (χ2n) is 5.48. The first kappa shape index (κ1) is 18.4. The van der Waals surface area contributed by atoms with E-state index < -0.39 is 10.0 Å². The van der Waals surface area contributed by atoms with Gasteiger partial charge in [-0.1, -0.05) is 41.4 Å². The summed E-state index contributed by atoms with van der Waals surface area (Å²) < 4.78 is 25.8. The van der Waals surface area contributed by atoms with Crippen LogP contribution in [0.5, 0.6) is 0 Å². The number of rotatable bonds is 6. The average Bonchev–Trinajstić information content (AvgIpc) is 2.54. The zero-order chi connectivity index (χ0) is 17.7. The smallest absolute Gasteiger partial charge is 0.243 e. The van der Waals surface area contributed by atoms with Crippen molar-refractivity contribution in [2.45, 2.75) is 18.4 Å². The Labute approximate surface area is 147 Å². The number of likely N-dealkylation sites (N-methyl/N-ethyl adjacent to an activating group) is 1. The third kappa shape index (κ3) is 4.80. The van der Waals surface area contributed by atoms with Crippen LogP contribution in [0.15, 0.2) is 53.4 Å². The number of carbonyl (C=O) groups excluding carboxylic acids is 1. The van der Waals surface area contributed by atoms with Crippen molar-refractivity contribution in [3.8, 4) is 0 Å². The van der Waals surface area contributed by atoms with Crippen molar-refractivity contribution in [1.82, 2.24) is 9.62 Å². The molecule has 7 heteroatoms. The molecule has 0 aromatic heterocycles. The quantitative estimate of drug-likeness (QED) is 0.854. The minimum absolute atomic E-state index is 0.0979. The summed E-state index contributed by atoms with van der Waals surface area (Å²) >= 11 is 5.76. The van der Waals surface area contributed by atoms with Crippen molar-refractivity contribution in [3.05, 3.63) is 64.7 Å². The zero-order valence-corrected chi connectivity index (χ0v) is 15.1. The molecule has 0 atom stereocenters. The van der Waals surface area contributed by atoms with Crippen molar-refractivity contribution in [2.75, 3.05) is 13.6 Å². The highest BCUT2D eigenvalue weighted by Gasteiger charge is 2.22. The average molecular weight is 367 g/mol. The van der Waals surface area contributed by atoms with Gasteiger partial charge in [0.2, 0.25) is 15.9 Å². The minimum Gasteiger partial charge on any atom is -0.351 e. The SMILES string of the molecule is Cc1ccc(CNC(=O)CN(C)S(=O)(=O)c2ccc(Cl)cc2)cc1. The Balaban J connectivity index is 1.95. The Bertz CT molecular complexity index is 803. The van der Waals surface area contributed by atoms with Crippen molar-refractivity contribution < 1.29 is 13.2 Å². The fourth-order valence-corrected chi connectivity index (χ4v) is 3.29. The highest BCUT2D eigenvalue weighted by molar-refractivity contribution is 7.89. The van der Waals surface area contributed by atoms with Crippen LogP contribution in [0.3, 0.4) is 0 Å². The van der Waals surface area contributed by atoms with Crippen LogP contribution in [0.25, 0.3) is 0 Å². The van der Waals surface area contributed by atoms with E-state index in [1.807, 2.05) is 31.2 Å². The second kappa shape index (κ2) is 7.79. The first-order chi connectivity index (χ1) is 11.3. The van der Waals surface area contributed by atoms with Crippen LogP contribution >= 0.6 is 11.6 Å². The van der Waals surface area contributed by atoms with Gasteiger partial charge in [-0.2, -0.15) is 4.31 Å². The van der Waals surface area contributed by atoms with E-state index in [2.05, 4.69) is 5.32 Å². The molecule has 0 spiro atoms. The molecule has 2 aromatic carbocycles. The zero-order valence-electron chi connectivity index (χ0n) is 13.5. The van der Waals surface area contributed by atoms with Gasteiger partial charge >= 0.3 is 0 Å². The van der Waals surface area contributed by atoms with E-state index in [0.717, 1.165) is 15.4 Å². The fourth-order valence-electron chi connectivity index (χ4n) is 2.04. The van der Waals surface area contributed by atoms with Gasteiger partial charge in [0.15, 0.2) is 0 Å². The molecule has 0 bridgehead atoms. The lowest BCUT2D eigenvalue weighted by molar-refractivity contribution is -0.121. The summed E-state index contributed by atoms with van der Waals surface area (Å²) in [4.78, 5) is 12.1. The fraction of sp³-hybridized carbons (Fsp3) is 0.235. The molecule has 0 unspecified atom stereocenters. The molecule has 0 radical (unpaired) electrons. The monoisotopic (exact) mass is 366 g/mol. The largest absolute Gasteiger partial charge is 0.351 e. The minimum atomic E-state index is -3.73. The number of nitrogens with zero attached hydrogens (tertiary/aromatic N) is 1. The van der Waals surface area contributed by atoms with Crippen LogP contribution in [-0.4, -0.2) is 32.2 Å². The Morgan fingerprint density at radius 3 is 2.25 bits per heavy atom. The van der Waals surface area contributed by atoms with E-state index in [4.69, 9.17) is 11.6 Å². The molecule has 2 aromatic rings. The molecule has 0 aliphatic carbocycles. The highest BCUT2D eigenvalue weighted by Crippen LogP contribution is 2.17. The molecule has 0 heterocycles. The van der Waals surface area contributed by atoms with E-state index in [1.54, 1.807) is 0 Å². The molecule has 1 N–H and O–H groups in total. The number of hydrogen-bond acceptors (Lipinski definition) is 3. The van der Waals surface area contributed by atoms with Gasteiger partial charge in [-0.15, -0.1) is 0 Å². The maximum Gasteiger partial charge on any atom is 0.243 e. The number of aryl methyl sites for hydroxylation is 1. The first-order valence-corrected chi connectivity index (χ1v) is 9.15. The van der Waals surface area contributed by atoms with Crippen LogP contribution in [0.1, 0.15) is 11.1 Å².